The van der Waals surface area contributed by atoms with Gasteiger partial charge in [0, 0.05) is 49.9 Å². The fourth-order valence-corrected chi connectivity index (χ4v) is 9.48. The van der Waals surface area contributed by atoms with E-state index in [-0.39, 0.29) is 0 Å². The Morgan fingerprint density at radius 2 is 0.727 bits per heavy atom. The van der Waals surface area contributed by atoms with E-state index < -0.39 is 11.6 Å². The zero-order valence-corrected chi connectivity index (χ0v) is 35.2. The normalized spacial score (nSPS) is 11.5. The molecule has 0 amide bonds. The molecule has 4 heterocycles. The minimum Gasteiger partial charge on any atom is -0.308 e. The quantitative estimate of drug-likeness (QED) is 0.160. The van der Waals surface area contributed by atoms with E-state index in [2.05, 4.69) is 88.0 Å². The first-order chi connectivity index (χ1) is 32.5. The standard InChI is InChI=1S/C59H35F2N5/c60-43-29-41(30-44(61)35-43)42-33-58(65-54-23-9-7-17-45(54)47-31-39(25-27-56(47)65)52-21-11-19-50(63-52)37-13-3-1-4-14-37)49(36-62)59(34-42)66-55-24-10-8-18-46(55)48-32-40(26-28-57(48)66)53-22-12-20-51(64-53)38-15-5-2-6-16-38/h1-35H. The van der Waals surface area contributed by atoms with Gasteiger partial charge in [-0.1, -0.05) is 121 Å². The summed E-state index contributed by atoms with van der Waals surface area (Å²) in [4.78, 5) is 10.1. The monoisotopic (exact) mass is 851 g/mol. The number of pyridine rings is 2. The van der Waals surface area contributed by atoms with Gasteiger partial charge in [-0.3, -0.25) is 0 Å². The van der Waals surface area contributed by atoms with Crippen LogP contribution in [0.15, 0.2) is 212 Å². The maximum atomic E-state index is 15.1. The molecule has 12 rings (SSSR count). The first kappa shape index (κ1) is 38.7. The zero-order valence-electron chi connectivity index (χ0n) is 35.2. The second-order valence-electron chi connectivity index (χ2n) is 16.4. The molecule has 0 N–H and O–H groups in total. The molecule has 0 aliphatic carbocycles. The van der Waals surface area contributed by atoms with Crippen LogP contribution in [0, 0.1) is 23.0 Å². The van der Waals surface area contributed by atoms with Gasteiger partial charge in [0.15, 0.2) is 0 Å². The second-order valence-corrected chi connectivity index (χ2v) is 16.4. The number of nitrogens with zero attached hydrogens (tertiary/aromatic N) is 5. The number of fused-ring (bicyclic) bond motifs is 6. The zero-order chi connectivity index (χ0) is 44.3. The van der Waals surface area contributed by atoms with E-state index >= 15 is 8.78 Å². The van der Waals surface area contributed by atoms with E-state index in [0.717, 1.165) is 94.7 Å². The molecule has 8 aromatic carbocycles. The first-order valence-electron chi connectivity index (χ1n) is 21.7. The number of hydrogen-bond acceptors (Lipinski definition) is 3. The molecule has 12 aromatic rings. The highest BCUT2D eigenvalue weighted by Gasteiger charge is 2.24. The van der Waals surface area contributed by atoms with E-state index in [1.165, 1.54) is 12.1 Å². The average Bonchev–Trinajstić information content (AvgIpc) is 3.88. The molecule has 0 fully saturated rings. The molecule has 0 atom stereocenters. The van der Waals surface area contributed by atoms with Crippen LogP contribution >= 0.6 is 0 Å². The van der Waals surface area contributed by atoms with Crippen LogP contribution in [0.3, 0.4) is 0 Å². The molecule has 0 unspecified atom stereocenters. The minimum atomic E-state index is -0.693. The van der Waals surface area contributed by atoms with E-state index in [1.54, 1.807) is 0 Å². The Hall–Kier alpha value is -8.99. The average molecular weight is 852 g/mol. The Bertz CT molecular complexity index is 3680. The highest BCUT2D eigenvalue weighted by Crippen LogP contribution is 2.42. The Morgan fingerprint density at radius 3 is 1.18 bits per heavy atom. The topological polar surface area (TPSA) is 59.4 Å². The van der Waals surface area contributed by atoms with Gasteiger partial charge < -0.3 is 9.13 Å². The summed E-state index contributed by atoms with van der Waals surface area (Å²) in [5.74, 6) is -1.39. The molecule has 0 saturated heterocycles. The number of hydrogen-bond donors (Lipinski definition) is 0. The lowest BCUT2D eigenvalue weighted by atomic mass is 9.99. The molecule has 0 bridgehead atoms. The van der Waals surface area contributed by atoms with Crippen LogP contribution in [0.25, 0.3) is 111 Å². The summed E-state index contributed by atoms with van der Waals surface area (Å²) in [7, 11) is 0. The van der Waals surface area contributed by atoms with Gasteiger partial charge >= 0.3 is 0 Å². The van der Waals surface area contributed by atoms with Crippen LogP contribution < -0.4 is 0 Å². The van der Waals surface area contributed by atoms with Crippen molar-refractivity contribution in [1.29, 1.82) is 5.26 Å². The molecule has 7 heteroatoms. The summed E-state index contributed by atoms with van der Waals surface area (Å²) in [5.41, 5.74) is 13.3. The summed E-state index contributed by atoms with van der Waals surface area (Å²) in [5, 5.41) is 15.4. The first-order valence-corrected chi connectivity index (χ1v) is 21.7. The van der Waals surface area contributed by atoms with Gasteiger partial charge in [0.25, 0.3) is 0 Å². The van der Waals surface area contributed by atoms with Gasteiger partial charge in [-0.05, 0) is 96.1 Å². The number of benzene rings is 8. The van der Waals surface area contributed by atoms with Crippen molar-refractivity contribution < 1.29 is 8.78 Å². The predicted octanol–water partition coefficient (Wildman–Crippen LogP) is 15.2. The number of aromatic nitrogens is 4. The maximum absolute atomic E-state index is 15.1. The fourth-order valence-electron chi connectivity index (χ4n) is 9.48. The molecule has 0 aliphatic rings. The molecule has 310 valence electrons. The Balaban J connectivity index is 1.10. The van der Waals surface area contributed by atoms with Gasteiger partial charge in [0.2, 0.25) is 0 Å². The Kier molecular flexibility index (Phi) is 9.18. The van der Waals surface area contributed by atoms with E-state index in [4.69, 9.17) is 9.97 Å². The highest BCUT2D eigenvalue weighted by atomic mass is 19.1. The van der Waals surface area contributed by atoms with Crippen molar-refractivity contribution in [3.05, 3.63) is 230 Å². The van der Waals surface area contributed by atoms with Crippen LogP contribution in [0.1, 0.15) is 5.56 Å². The molecule has 0 spiro atoms. The molecule has 66 heavy (non-hydrogen) atoms. The lowest BCUT2D eigenvalue weighted by Gasteiger charge is -2.18. The number of halogens is 2. The predicted molar refractivity (Wildman–Crippen MR) is 263 cm³/mol. The summed E-state index contributed by atoms with van der Waals surface area (Å²) >= 11 is 0. The van der Waals surface area contributed by atoms with Crippen LogP contribution in [0.4, 0.5) is 8.78 Å². The summed E-state index contributed by atoms with van der Waals surface area (Å²) in [6.45, 7) is 0. The van der Waals surface area contributed by atoms with Gasteiger partial charge in [0.1, 0.15) is 23.3 Å². The van der Waals surface area contributed by atoms with Gasteiger partial charge in [-0.25, -0.2) is 18.7 Å². The van der Waals surface area contributed by atoms with Crippen molar-refractivity contribution in [3.63, 3.8) is 0 Å². The van der Waals surface area contributed by atoms with Crippen molar-refractivity contribution in [3.8, 4) is 73.6 Å². The Morgan fingerprint density at radius 1 is 0.333 bits per heavy atom. The molecule has 0 aliphatic heterocycles. The lowest BCUT2D eigenvalue weighted by molar-refractivity contribution is 0.584. The summed E-state index contributed by atoms with van der Waals surface area (Å²) < 4.78 is 34.4. The van der Waals surface area contributed by atoms with Crippen molar-refractivity contribution in [2.75, 3.05) is 0 Å². The van der Waals surface area contributed by atoms with Crippen LogP contribution in [-0.2, 0) is 0 Å². The SMILES string of the molecule is N#Cc1c(-n2c3ccccc3c3cc(-c4cccc(-c5ccccc5)n4)ccc32)cc(-c2cc(F)cc(F)c2)cc1-n1c2ccccc2c2cc(-c3cccc(-c4ccccc4)n3)ccc21. The molecule has 0 saturated carbocycles. The minimum absolute atomic E-state index is 0.347. The second kappa shape index (κ2) is 15.7. The van der Waals surface area contributed by atoms with Gasteiger partial charge in [0.05, 0.1) is 56.2 Å². The number of para-hydroxylation sites is 2. The van der Waals surface area contributed by atoms with Crippen molar-refractivity contribution in [2.45, 2.75) is 0 Å². The van der Waals surface area contributed by atoms with Gasteiger partial charge in [-0.2, -0.15) is 5.26 Å². The largest absolute Gasteiger partial charge is 0.308 e. The van der Waals surface area contributed by atoms with Crippen LogP contribution in [0.5, 0.6) is 0 Å². The highest BCUT2D eigenvalue weighted by molar-refractivity contribution is 6.12. The number of rotatable bonds is 7. The molecule has 5 nitrogen and oxygen atoms in total. The van der Waals surface area contributed by atoms with Gasteiger partial charge in [-0.15, -0.1) is 0 Å². The summed E-state index contributed by atoms with van der Waals surface area (Å²) in [6, 6.07) is 71.0. The van der Waals surface area contributed by atoms with Crippen LogP contribution in [0.2, 0.25) is 0 Å². The molecule has 4 aromatic heterocycles. The fraction of sp³-hybridized carbons (Fsp3) is 0. The van der Waals surface area contributed by atoms with Crippen LogP contribution in [-0.4, -0.2) is 19.1 Å². The van der Waals surface area contributed by atoms with E-state index in [9.17, 15) is 5.26 Å². The summed E-state index contributed by atoms with van der Waals surface area (Å²) in [6.07, 6.45) is 0. The molecular formula is C59H35F2N5. The smallest absolute Gasteiger partial charge is 0.126 e. The number of nitriles is 1. The third kappa shape index (κ3) is 6.51. The maximum Gasteiger partial charge on any atom is 0.126 e. The van der Waals surface area contributed by atoms with Crippen molar-refractivity contribution in [2.24, 2.45) is 0 Å². The third-order valence-electron chi connectivity index (χ3n) is 12.5. The van der Waals surface area contributed by atoms with Crippen molar-refractivity contribution >= 4 is 43.6 Å². The Labute approximate surface area is 378 Å². The van der Waals surface area contributed by atoms with Crippen molar-refractivity contribution in [1.82, 2.24) is 19.1 Å². The third-order valence-corrected chi connectivity index (χ3v) is 12.5. The van der Waals surface area contributed by atoms with E-state index in [1.807, 2.05) is 121 Å². The molecular weight excluding hydrogens is 817 g/mol. The van der Waals surface area contributed by atoms with E-state index in [0.29, 0.717) is 28.1 Å². The lowest BCUT2D eigenvalue weighted by Crippen LogP contribution is -2.05. The molecule has 0 radical (unpaired) electrons.